The smallest absolute Gasteiger partial charge is 0.314 e. The molecule has 138 valence electrons. The summed E-state index contributed by atoms with van der Waals surface area (Å²) in [6.07, 6.45) is 3.35. The van der Waals surface area contributed by atoms with Gasteiger partial charge in [0.25, 0.3) is 0 Å². The minimum atomic E-state index is -0.553. The highest BCUT2D eigenvalue weighted by atomic mass is 16.5. The van der Waals surface area contributed by atoms with E-state index >= 15 is 0 Å². The number of rotatable bonds is 10. The number of esters is 1. The van der Waals surface area contributed by atoms with Crippen LogP contribution in [0.2, 0.25) is 0 Å². The number of benzene rings is 2. The van der Waals surface area contributed by atoms with Crippen molar-refractivity contribution in [3.63, 3.8) is 0 Å². The molecular weight excluding hydrogens is 330 g/mol. The molecule has 0 saturated carbocycles. The molecule has 0 aliphatic heterocycles. The lowest BCUT2D eigenvalue weighted by Crippen LogP contribution is -2.19. The molecule has 0 fully saturated rings. The summed E-state index contributed by atoms with van der Waals surface area (Å²) in [7, 11) is 0. The number of nitrogens with zero attached hydrogens (tertiary/aromatic N) is 1. The average molecular weight is 355 g/mol. The molecule has 2 rings (SSSR count). The lowest BCUT2D eigenvalue weighted by Gasteiger charge is -2.12. The average Bonchev–Trinajstić information content (AvgIpc) is 2.67. The molecule has 0 aliphatic carbocycles. The molecule has 1 N–H and O–H groups in total. The maximum atomic E-state index is 12.2. The van der Waals surface area contributed by atoms with E-state index < -0.39 is 5.92 Å². The second kappa shape index (κ2) is 10.9. The lowest BCUT2D eigenvalue weighted by molar-refractivity contribution is -0.147. The van der Waals surface area contributed by atoms with Crippen LogP contribution in [0.1, 0.15) is 30.4 Å². The van der Waals surface area contributed by atoms with E-state index in [-0.39, 0.29) is 12.6 Å². The fourth-order valence-corrected chi connectivity index (χ4v) is 2.46. The quantitative estimate of drug-likeness (QED) is 0.226. The number of aryl methyl sites for hydroxylation is 1. The zero-order valence-electron chi connectivity index (χ0n) is 15.0. The van der Waals surface area contributed by atoms with Crippen LogP contribution in [0.25, 0.3) is 0 Å². The van der Waals surface area contributed by atoms with Crippen molar-refractivity contribution in [2.45, 2.75) is 32.8 Å². The van der Waals surface area contributed by atoms with Gasteiger partial charge in [-0.1, -0.05) is 48.0 Å². The van der Waals surface area contributed by atoms with Gasteiger partial charge in [0.05, 0.1) is 18.7 Å². The van der Waals surface area contributed by atoms with Crippen molar-refractivity contribution >= 4 is 12.2 Å². The topological polar surface area (TPSA) is 68.1 Å². The third-order valence-corrected chi connectivity index (χ3v) is 3.97. The molecule has 1 atom stereocenters. The van der Waals surface area contributed by atoms with E-state index in [1.54, 1.807) is 0 Å². The molecule has 5 heteroatoms. The number of oxime groups is 1. The van der Waals surface area contributed by atoms with Crippen molar-refractivity contribution in [3.8, 4) is 5.75 Å². The van der Waals surface area contributed by atoms with Crippen LogP contribution in [0, 0.1) is 12.8 Å². The second-order valence-corrected chi connectivity index (χ2v) is 6.12. The summed E-state index contributed by atoms with van der Waals surface area (Å²) in [4.78, 5) is 12.2. The van der Waals surface area contributed by atoms with Crippen LogP contribution < -0.4 is 4.74 Å². The van der Waals surface area contributed by atoms with E-state index in [1.165, 1.54) is 11.8 Å². The van der Waals surface area contributed by atoms with Crippen molar-refractivity contribution < 1.29 is 19.5 Å². The molecule has 5 nitrogen and oxygen atoms in total. The standard InChI is InChI=1S/C21H25NO4/c1-17-10-12-20(13-11-17)25-14-6-5-9-19(15-22-24)21(23)26-16-18-7-3-2-4-8-18/h2-4,7-8,10-13,15,19,24H,5-6,9,14,16H2,1H3/b22-15-. The minimum absolute atomic E-state index is 0.214. The van der Waals surface area contributed by atoms with Gasteiger partial charge in [-0.25, -0.2) is 0 Å². The highest BCUT2D eigenvalue weighted by Crippen LogP contribution is 2.14. The molecular formula is C21H25NO4. The Bertz CT molecular complexity index is 683. The molecule has 2 aromatic rings. The first-order valence-corrected chi connectivity index (χ1v) is 8.76. The second-order valence-electron chi connectivity index (χ2n) is 6.12. The molecule has 0 amide bonds. The van der Waals surface area contributed by atoms with Gasteiger partial charge in [0.1, 0.15) is 12.4 Å². The Morgan fingerprint density at radius 1 is 1.12 bits per heavy atom. The fourth-order valence-electron chi connectivity index (χ4n) is 2.46. The van der Waals surface area contributed by atoms with E-state index in [0.29, 0.717) is 13.0 Å². The Hall–Kier alpha value is -2.82. The van der Waals surface area contributed by atoms with Crippen molar-refractivity contribution in [2.75, 3.05) is 6.61 Å². The molecule has 0 saturated heterocycles. The van der Waals surface area contributed by atoms with Crippen LogP contribution in [0.3, 0.4) is 0 Å². The van der Waals surface area contributed by atoms with Gasteiger partial charge < -0.3 is 14.7 Å². The maximum Gasteiger partial charge on any atom is 0.314 e. The van der Waals surface area contributed by atoms with Crippen LogP contribution in [0.5, 0.6) is 5.75 Å². The van der Waals surface area contributed by atoms with Crippen LogP contribution >= 0.6 is 0 Å². The normalized spacial score (nSPS) is 12.0. The summed E-state index contributed by atoms with van der Waals surface area (Å²) >= 11 is 0. The fraction of sp³-hybridized carbons (Fsp3) is 0.333. The summed E-state index contributed by atoms with van der Waals surface area (Å²) in [5.41, 5.74) is 2.12. The zero-order chi connectivity index (χ0) is 18.6. The Morgan fingerprint density at radius 2 is 1.85 bits per heavy atom. The highest BCUT2D eigenvalue weighted by Gasteiger charge is 2.18. The first kappa shape index (κ1) is 19.5. The van der Waals surface area contributed by atoms with E-state index in [4.69, 9.17) is 14.7 Å². The Morgan fingerprint density at radius 3 is 2.54 bits per heavy atom. The monoisotopic (exact) mass is 355 g/mol. The molecule has 0 heterocycles. The Labute approximate surface area is 154 Å². The van der Waals surface area contributed by atoms with Crippen LogP contribution in [-0.2, 0) is 16.1 Å². The van der Waals surface area contributed by atoms with Crippen molar-refractivity contribution in [1.29, 1.82) is 0 Å². The van der Waals surface area contributed by atoms with Gasteiger partial charge in [0, 0.05) is 0 Å². The summed E-state index contributed by atoms with van der Waals surface area (Å²) in [5.74, 6) is -0.0967. The number of ether oxygens (including phenoxy) is 2. The van der Waals surface area contributed by atoms with E-state index in [2.05, 4.69) is 5.16 Å². The summed E-state index contributed by atoms with van der Waals surface area (Å²) < 4.78 is 11.0. The maximum absolute atomic E-state index is 12.2. The molecule has 1 unspecified atom stereocenters. The Kier molecular flexibility index (Phi) is 8.19. The van der Waals surface area contributed by atoms with Crippen LogP contribution in [0.4, 0.5) is 0 Å². The molecule has 26 heavy (non-hydrogen) atoms. The predicted molar refractivity (Wildman–Crippen MR) is 101 cm³/mol. The van der Waals surface area contributed by atoms with Gasteiger partial charge in [-0.05, 0) is 43.9 Å². The predicted octanol–water partition coefficient (Wildman–Crippen LogP) is 4.36. The number of hydrogen-bond donors (Lipinski definition) is 1. The van der Waals surface area contributed by atoms with Gasteiger partial charge in [-0.15, -0.1) is 5.16 Å². The van der Waals surface area contributed by atoms with E-state index in [9.17, 15) is 4.79 Å². The van der Waals surface area contributed by atoms with E-state index in [0.717, 1.165) is 24.2 Å². The van der Waals surface area contributed by atoms with Crippen molar-refractivity contribution in [3.05, 3.63) is 65.7 Å². The van der Waals surface area contributed by atoms with Gasteiger partial charge in [-0.3, -0.25) is 4.79 Å². The number of unbranched alkanes of at least 4 members (excludes halogenated alkanes) is 1. The molecule has 0 spiro atoms. The molecule has 0 aromatic heterocycles. The zero-order valence-corrected chi connectivity index (χ0v) is 15.0. The third-order valence-electron chi connectivity index (χ3n) is 3.97. The number of carbonyl (C=O) groups is 1. The van der Waals surface area contributed by atoms with E-state index in [1.807, 2.05) is 61.5 Å². The minimum Gasteiger partial charge on any atom is -0.494 e. The Balaban J connectivity index is 1.69. The van der Waals surface area contributed by atoms with Gasteiger partial charge in [-0.2, -0.15) is 0 Å². The summed E-state index contributed by atoms with van der Waals surface area (Å²) in [6, 6.07) is 17.4. The van der Waals surface area contributed by atoms with Gasteiger partial charge in [0.15, 0.2) is 0 Å². The van der Waals surface area contributed by atoms with Crippen molar-refractivity contribution in [1.82, 2.24) is 0 Å². The molecule has 0 aliphatic rings. The summed E-state index contributed by atoms with van der Waals surface area (Å²) in [6.45, 7) is 2.82. The van der Waals surface area contributed by atoms with Gasteiger partial charge in [0.2, 0.25) is 0 Å². The third kappa shape index (κ3) is 6.97. The first-order chi connectivity index (χ1) is 12.7. The largest absolute Gasteiger partial charge is 0.494 e. The molecule has 0 radical (unpaired) electrons. The van der Waals surface area contributed by atoms with Crippen LogP contribution in [-0.4, -0.2) is 24.0 Å². The molecule has 2 aromatic carbocycles. The van der Waals surface area contributed by atoms with Crippen LogP contribution in [0.15, 0.2) is 59.8 Å². The first-order valence-electron chi connectivity index (χ1n) is 8.76. The highest BCUT2D eigenvalue weighted by molar-refractivity contribution is 5.89. The number of hydrogen-bond acceptors (Lipinski definition) is 5. The SMILES string of the molecule is Cc1ccc(OCCCCC(/C=N\O)C(=O)OCc2ccccc2)cc1. The number of carbonyl (C=O) groups excluding carboxylic acids is 1. The van der Waals surface area contributed by atoms with Crippen molar-refractivity contribution in [2.24, 2.45) is 11.1 Å². The summed E-state index contributed by atoms with van der Waals surface area (Å²) in [5, 5.41) is 11.8. The molecule has 0 bridgehead atoms. The van der Waals surface area contributed by atoms with Gasteiger partial charge >= 0.3 is 5.97 Å². The lowest BCUT2D eigenvalue weighted by atomic mass is 10.0.